The van der Waals surface area contributed by atoms with Gasteiger partial charge in [-0.2, -0.15) is 0 Å². The summed E-state index contributed by atoms with van der Waals surface area (Å²) in [4.78, 5) is 2.11. The van der Waals surface area contributed by atoms with E-state index >= 15 is 0 Å². The van der Waals surface area contributed by atoms with E-state index in [1.807, 2.05) is 20.9 Å². The monoisotopic (exact) mass is 280 g/mol. The van der Waals surface area contributed by atoms with Crippen LogP contribution >= 0.6 is 0 Å². The quantitative estimate of drug-likeness (QED) is 0.714. The molecule has 0 radical (unpaired) electrons. The van der Waals surface area contributed by atoms with Gasteiger partial charge in [-0.3, -0.25) is 0 Å². The molecule has 0 atom stereocenters. The summed E-state index contributed by atoms with van der Waals surface area (Å²) in [5, 5.41) is 12.8. The lowest BCUT2D eigenvalue weighted by molar-refractivity contribution is 0.199. The number of likely N-dealkylation sites (N-methyl/N-ethyl adjacent to an activating group) is 1. The van der Waals surface area contributed by atoms with Crippen molar-refractivity contribution in [2.24, 2.45) is 0 Å². The van der Waals surface area contributed by atoms with Crippen molar-refractivity contribution >= 4 is 5.69 Å². The Morgan fingerprint density at radius 1 is 1.35 bits per heavy atom. The average Bonchev–Trinajstić information content (AvgIpc) is 2.44. The van der Waals surface area contributed by atoms with Crippen LogP contribution in [0.5, 0.6) is 0 Å². The molecule has 1 aromatic carbocycles. The summed E-state index contributed by atoms with van der Waals surface area (Å²) in [6, 6.07) is 6.43. The Morgan fingerprint density at radius 3 is 2.60 bits per heavy atom. The van der Waals surface area contributed by atoms with Crippen molar-refractivity contribution in [1.82, 2.24) is 5.32 Å². The molecule has 20 heavy (non-hydrogen) atoms. The number of hydrogen-bond acceptors (Lipinski definition) is 4. The van der Waals surface area contributed by atoms with Gasteiger partial charge < -0.3 is 20.1 Å². The molecule has 4 nitrogen and oxygen atoms in total. The predicted octanol–water partition coefficient (Wildman–Crippen LogP) is 1.94. The molecule has 1 aromatic rings. The van der Waals surface area contributed by atoms with E-state index in [0.29, 0.717) is 0 Å². The second kappa shape index (κ2) is 7.62. The van der Waals surface area contributed by atoms with Gasteiger partial charge in [-0.1, -0.05) is 6.07 Å². The fourth-order valence-corrected chi connectivity index (χ4v) is 1.94. The highest BCUT2D eigenvalue weighted by Gasteiger charge is 2.22. The lowest BCUT2D eigenvalue weighted by Gasteiger charge is -2.36. The number of benzene rings is 1. The first-order chi connectivity index (χ1) is 9.42. The Bertz CT molecular complexity index is 419. The Hall–Kier alpha value is -1.10. The number of hydrogen-bond donors (Lipinski definition) is 2. The molecule has 0 aliphatic rings. The minimum absolute atomic E-state index is 0.128. The number of aryl methyl sites for hydroxylation is 1. The van der Waals surface area contributed by atoms with E-state index in [1.54, 1.807) is 7.11 Å². The largest absolute Gasteiger partial charge is 0.394 e. The summed E-state index contributed by atoms with van der Waals surface area (Å²) in [7, 11) is 3.72. The molecule has 0 saturated heterocycles. The van der Waals surface area contributed by atoms with E-state index in [1.165, 1.54) is 11.1 Å². The zero-order valence-corrected chi connectivity index (χ0v) is 13.4. The van der Waals surface area contributed by atoms with Crippen LogP contribution in [0.1, 0.15) is 25.0 Å². The van der Waals surface area contributed by atoms with Crippen LogP contribution in [0.25, 0.3) is 0 Å². The molecule has 0 spiro atoms. The Labute approximate surface area is 122 Å². The van der Waals surface area contributed by atoms with E-state index in [0.717, 1.165) is 25.4 Å². The van der Waals surface area contributed by atoms with Crippen LogP contribution < -0.4 is 10.2 Å². The first-order valence-electron chi connectivity index (χ1n) is 7.06. The van der Waals surface area contributed by atoms with Crippen LogP contribution in [0.2, 0.25) is 0 Å². The summed E-state index contributed by atoms with van der Waals surface area (Å²) in [5.41, 5.74) is 3.42. The van der Waals surface area contributed by atoms with Gasteiger partial charge in [0, 0.05) is 32.9 Å². The number of ether oxygens (including phenoxy) is 1. The fourth-order valence-electron chi connectivity index (χ4n) is 1.94. The summed E-state index contributed by atoms with van der Waals surface area (Å²) >= 11 is 0. The fraction of sp³-hybridized carbons (Fsp3) is 0.625. The minimum Gasteiger partial charge on any atom is -0.394 e. The van der Waals surface area contributed by atoms with E-state index in [4.69, 9.17) is 4.74 Å². The smallest absolute Gasteiger partial charge is 0.0658 e. The van der Waals surface area contributed by atoms with Crippen molar-refractivity contribution in [2.45, 2.75) is 32.9 Å². The highest BCUT2D eigenvalue weighted by atomic mass is 16.5. The molecule has 0 fully saturated rings. The second-order valence-corrected chi connectivity index (χ2v) is 5.81. The molecule has 0 bridgehead atoms. The van der Waals surface area contributed by atoms with Crippen LogP contribution in [0.4, 0.5) is 5.69 Å². The SMILES string of the molecule is COCCNCc1ccc(N(C)C(C)(C)CO)cc1C. The predicted molar refractivity (Wildman–Crippen MR) is 84.3 cm³/mol. The van der Waals surface area contributed by atoms with E-state index in [2.05, 4.69) is 35.3 Å². The van der Waals surface area contributed by atoms with Crippen LogP contribution in [-0.4, -0.2) is 44.6 Å². The average molecular weight is 280 g/mol. The molecule has 2 N–H and O–H groups in total. The highest BCUT2D eigenvalue weighted by molar-refractivity contribution is 5.52. The van der Waals surface area contributed by atoms with Gasteiger partial charge in [0.1, 0.15) is 0 Å². The third kappa shape index (κ3) is 4.47. The number of anilines is 1. The topological polar surface area (TPSA) is 44.7 Å². The number of rotatable bonds is 8. The van der Waals surface area contributed by atoms with Gasteiger partial charge in [0.05, 0.1) is 18.8 Å². The van der Waals surface area contributed by atoms with Crippen molar-refractivity contribution < 1.29 is 9.84 Å². The maximum Gasteiger partial charge on any atom is 0.0658 e. The van der Waals surface area contributed by atoms with E-state index in [9.17, 15) is 5.11 Å². The number of aliphatic hydroxyl groups is 1. The molecule has 0 unspecified atom stereocenters. The maximum absolute atomic E-state index is 9.45. The van der Waals surface area contributed by atoms with Crippen molar-refractivity contribution in [1.29, 1.82) is 0 Å². The molecule has 1 rings (SSSR count). The molecule has 114 valence electrons. The van der Waals surface area contributed by atoms with Crippen LogP contribution in [-0.2, 0) is 11.3 Å². The van der Waals surface area contributed by atoms with Crippen molar-refractivity contribution in [3.05, 3.63) is 29.3 Å². The molecule has 0 saturated carbocycles. The number of nitrogens with zero attached hydrogens (tertiary/aromatic N) is 1. The second-order valence-electron chi connectivity index (χ2n) is 5.81. The molecule has 0 aliphatic heterocycles. The summed E-state index contributed by atoms with van der Waals surface area (Å²) in [6.07, 6.45) is 0. The standard InChI is InChI=1S/C16H28N2O2/c1-13-10-15(18(4)16(2,3)12-19)7-6-14(13)11-17-8-9-20-5/h6-7,10,17,19H,8-9,11-12H2,1-5H3. The molecular formula is C16H28N2O2. The van der Waals surface area contributed by atoms with Gasteiger partial charge in [-0.15, -0.1) is 0 Å². The van der Waals surface area contributed by atoms with Crippen LogP contribution in [0.15, 0.2) is 18.2 Å². The minimum atomic E-state index is -0.259. The Kier molecular flexibility index (Phi) is 6.46. The molecule has 0 aromatic heterocycles. The highest BCUT2D eigenvalue weighted by Crippen LogP contribution is 2.24. The van der Waals surface area contributed by atoms with Gasteiger partial charge >= 0.3 is 0 Å². The van der Waals surface area contributed by atoms with Crippen molar-refractivity contribution in [2.75, 3.05) is 38.8 Å². The van der Waals surface area contributed by atoms with Crippen LogP contribution in [0, 0.1) is 6.92 Å². The molecule has 0 aliphatic carbocycles. The zero-order valence-electron chi connectivity index (χ0n) is 13.4. The molecular weight excluding hydrogens is 252 g/mol. The lowest BCUT2D eigenvalue weighted by atomic mass is 10.0. The van der Waals surface area contributed by atoms with E-state index in [-0.39, 0.29) is 12.1 Å². The molecule has 0 heterocycles. The zero-order chi connectivity index (χ0) is 15.2. The number of nitrogens with one attached hydrogen (secondary N) is 1. The van der Waals surface area contributed by atoms with Gasteiger partial charge in [-0.25, -0.2) is 0 Å². The first kappa shape index (κ1) is 17.0. The third-order valence-corrected chi connectivity index (χ3v) is 3.81. The lowest BCUT2D eigenvalue weighted by Crippen LogP contribution is -2.44. The summed E-state index contributed by atoms with van der Waals surface area (Å²) in [5.74, 6) is 0. The van der Waals surface area contributed by atoms with Crippen molar-refractivity contribution in [3.8, 4) is 0 Å². The Balaban J connectivity index is 2.72. The molecule has 4 heteroatoms. The van der Waals surface area contributed by atoms with Gasteiger partial charge in [0.25, 0.3) is 0 Å². The summed E-state index contributed by atoms with van der Waals surface area (Å²) in [6.45, 7) is 8.74. The maximum atomic E-state index is 9.45. The first-order valence-corrected chi connectivity index (χ1v) is 7.06. The number of aliphatic hydroxyl groups excluding tert-OH is 1. The van der Waals surface area contributed by atoms with Crippen LogP contribution in [0.3, 0.4) is 0 Å². The molecule has 0 amide bonds. The van der Waals surface area contributed by atoms with E-state index < -0.39 is 0 Å². The normalized spacial score (nSPS) is 11.7. The van der Waals surface area contributed by atoms with Crippen molar-refractivity contribution in [3.63, 3.8) is 0 Å². The van der Waals surface area contributed by atoms with Gasteiger partial charge in [0.15, 0.2) is 0 Å². The van der Waals surface area contributed by atoms with Gasteiger partial charge in [-0.05, 0) is 44.0 Å². The van der Waals surface area contributed by atoms with Gasteiger partial charge in [0.2, 0.25) is 0 Å². The Morgan fingerprint density at radius 2 is 2.05 bits per heavy atom. The summed E-state index contributed by atoms with van der Waals surface area (Å²) < 4.78 is 5.02. The number of methoxy groups -OCH3 is 1. The third-order valence-electron chi connectivity index (χ3n) is 3.81.